The highest BCUT2D eigenvalue weighted by Crippen LogP contribution is 2.52. The second kappa shape index (κ2) is 6.71. The van der Waals surface area contributed by atoms with Gasteiger partial charge in [-0.2, -0.15) is 0 Å². The van der Waals surface area contributed by atoms with E-state index >= 15 is 0 Å². The van der Waals surface area contributed by atoms with E-state index < -0.39 is 0 Å². The number of aryl methyl sites for hydroxylation is 1. The molecule has 0 N–H and O–H groups in total. The van der Waals surface area contributed by atoms with Gasteiger partial charge in [-0.3, -0.25) is 19.3 Å². The zero-order chi connectivity index (χ0) is 20.3. The number of nitrogens with zero attached hydrogens (tertiary/aromatic N) is 3. The number of allylic oxidation sites excluding steroid dienone is 2. The van der Waals surface area contributed by atoms with Crippen LogP contribution in [0.25, 0.3) is 0 Å². The number of carbonyl (C=O) groups excluding carboxylic acids is 3. The van der Waals surface area contributed by atoms with E-state index in [1.165, 1.54) is 16.2 Å². The van der Waals surface area contributed by atoms with Crippen molar-refractivity contribution in [2.75, 3.05) is 31.1 Å². The van der Waals surface area contributed by atoms with Crippen LogP contribution in [0.1, 0.15) is 18.9 Å². The first-order valence-electron chi connectivity index (χ1n) is 10.6. The number of anilines is 1. The Morgan fingerprint density at radius 3 is 2.38 bits per heavy atom. The van der Waals surface area contributed by atoms with Gasteiger partial charge in [0.1, 0.15) is 6.54 Å². The maximum Gasteiger partial charge on any atom is 0.242 e. The van der Waals surface area contributed by atoms with Crippen molar-refractivity contribution in [2.45, 2.75) is 26.3 Å². The topological polar surface area (TPSA) is 60.9 Å². The molecule has 6 heteroatoms. The van der Waals surface area contributed by atoms with Crippen molar-refractivity contribution in [3.05, 3.63) is 42.0 Å². The largest absolute Gasteiger partial charge is 0.365 e. The van der Waals surface area contributed by atoms with Gasteiger partial charge in [0.2, 0.25) is 17.7 Å². The summed E-state index contributed by atoms with van der Waals surface area (Å²) in [5.74, 6) is -0.514. The number of likely N-dealkylation sites (tertiary alicyclic amines) is 1. The van der Waals surface area contributed by atoms with Gasteiger partial charge >= 0.3 is 0 Å². The Hall–Kier alpha value is -2.63. The van der Waals surface area contributed by atoms with E-state index in [-0.39, 0.29) is 54.0 Å². The summed E-state index contributed by atoms with van der Waals surface area (Å²) in [6, 6.07) is 8.58. The lowest BCUT2D eigenvalue weighted by Gasteiger charge is -2.41. The highest BCUT2D eigenvalue weighted by Gasteiger charge is 2.59. The number of carbonyl (C=O) groups is 3. The molecule has 5 rings (SSSR count). The van der Waals surface area contributed by atoms with Gasteiger partial charge in [-0.25, -0.2) is 0 Å². The van der Waals surface area contributed by atoms with E-state index in [2.05, 4.69) is 55.2 Å². The van der Waals surface area contributed by atoms with Crippen LogP contribution in [0.4, 0.5) is 5.69 Å². The van der Waals surface area contributed by atoms with E-state index in [9.17, 15) is 14.4 Å². The van der Waals surface area contributed by atoms with Crippen LogP contribution in [0, 0.1) is 30.6 Å². The van der Waals surface area contributed by atoms with Crippen molar-refractivity contribution >= 4 is 23.4 Å². The number of hydrogen-bond acceptors (Lipinski definition) is 4. The van der Waals surface area contributed by atoms with Crippen LogP contribution < -0.4 is 4.90 Å². The minimum absolute atomic E-state index is 0.110. The summed E-state index contributed by atoms with van der Waals surface area (Å²) in [6.45, 7) is 6.03. The average Bonchev–Trinajstić information content (AvgIpc) is 3.38. The smallest absolute Gasteiger partial charge is 0.242 e. The van der Waals surface area contributed by atoms with Gasteiger partial charge in [0.05, 0.1) is 11.8 Å². The van der Waals surface area contributed by atoms with E-state index in [1.54, 1.807) is 4.90 Å². The quantitative estimate of drug-likeness (QED) is 0.581. The number of benzene rings is 1. The molecule has 1 saturated carbocycles. The van der Waals surface area contributed by atoms with Gasteiger partial charge in [0.15, 0.2) is 0 Å². The predicted molar refractivity (Wildman–Crippen MR) is 109 cm³/mol. The monoisotopic (exact) mass is 393 g/mol. The third-order valence-corrected chi connectivity index (χ3v) is 7.17. The minimum Gasteiger partial charge on any atom is -0.365 e. The molecule has 0 aromatic heterocycles. The summed E-state index contributed by atoms with van der Waals surface area (Å²) in [6.07, 6.45) is 5.07. The predicted octanol–water partition coefficient (Wildman–Crippen LogP) is 1.84. The number of piperazine rings is 1. The maximum atomic E-state index is 12.9. The van der Waals surface area contributed by atoms with Crippen molar-refractivity contribution in [2.24, 2.45) is 23.7 Å². The Kier molecular flexibility index (Phi) is 4.26. The first kappa shape index (κ1) is 18.4. The molecule has 0 unspecified atom stereocenters. The molecule has 2 aliphatic heterocycles. The minimum atomic E-state index is -0.234. The Balaban J connectivity index is 1.24. The Morgan fingerprint density at radius 1 is 1.07 bits per heavy atom. The zero-order valence-electron chi connectivity index (χ0n) is 17.0. The van der Waals surface area contributed by atoms with Crippen molar-refractivity contribution < 1.29 is 14.4 Å². The average molecular weight is 393 g/mol. The highest BCUT2D eigenvalue weighted by molar-refractivity contribution is 6.08. The number of amides is 3. The van der Waals surface area contributed by atoms with E-state index in [1.807, 2.05) is 0 Å². The number of fused-ring (bicyclic) bond motifs is 5. The molecular weight excluding hydrogens is 366 g/mol. The fourth-order valence-electron chi connectivity index (χ4n) is 5.73. The zero-order valence-corrected chi connectivity index (χ0v) is 17.0. The Labute approximate surface area is 171 Å². The van der Waals surface area contributed by atoms with Crippen molar-refractivity contribution in [3.8, 4) is 0 Å². The molecule has 2 bridgehead atoms. The summed E-state index contributed by atoms with van der Waals surface area (Å²) in [5, 5.41) is 0. The van der Waals surface area contributed by atoms with Crippen molar-refractivity contribution in [3.63, 3.8) is 0 Å². The second-order valence-electron chi connectivity index (χ2n) is 8.98. The first-order valence-corrected chi connectivity index (χ1v) is 10.6. The lowest BCUT2D eigenvalue weighted by atomic mass is 9.85. The fraction of sp³-hybridized carbons (Fsp3) is 0.522. The van der Waals surface area contributed by atoms with Crippen LogP contribution in [0.2, 0.25) is 0 Å². The molecule has 2 heterocycles. The lowest BCUT2D eigenvalue weighted by Crippen LogP contribution is -2.56. The maximum absolute atomic E-state index is 12.9. The van der Waals surface area contributed by atoms with Gasteiger partial charge in [0.25, 0.3) is 0 Å². The molecule has 2 aliphatic carbocycles. The molecule has 3 fully saturated rings. The van der Waals surface area contributed by atoms with Gasteiger partial charge in [0, 0.05) is 31.4 Å². The second-order valence-corrected chi connectivity index (χ2v) is 8.98. The van der Waals surface area contributed by atoms with Crippen LogP contribution in [-0.4, -0.2) is 59.7 Å². The molecule has 4 aliphatic rings. The SMILES string of the molecule is Cc1cccc(N2CCN(C(=O)CN3C(=O)[C@@H]4[C@H](C3=O)[C@H]3C=C[C@H]4C3)C[C@@H]2C)c1. The first-order chi connectivity index (χ1) is 13.9. The van der Waals surface area contributed by atoms with Gasteiger partial charge in [-0.15, -0.1) is 0 Å². The molecule has 0 spiro atoms. The highest BCUT2D eigenvalue weighted by atomic mass is 16.2. The third-order valence-electron chi connectivity index (χ3n) is 7.17. The van der Waals surface area contributed by atoms with Crippen LogP contribution >= 0.6 is 0 Å². The molecule has 3 amide bonds. The van der Waals surface area contributed by atoms with Gasteiger partial charge < -0.3 is 9.80 Å². The third kappa shape index (κ3) is 2.88. The van der Waals surface area contributed by atoms with Crippen LogP contribution in [0.5, 0.6) is 0 Å². The molecule has 5 atom stereocenters. The van der Waals surface area contributed by atoms with E-state index in [4.69, 9.17) is 0 Å². The summed E-state index contributed by atoms with van der Waals surface area (Å²) in [7, 11) is 0. The van der Waals surface area contributed by atoms with Gasteiger partial charge in [-0.1, -0.05) is 24.3 Å². The number of rotatable bonds is 3. The van der Waals surface area contributed by atoms with Crippen molar-refractivity contribution in [1.82, 2.24) is 9.80 Å². The Morgan fingerprint density at radius 2 is 1.76 bits per heavy atom. The molecule has 1 aromatic carbocycles. The van der Waals surface area contributed by atoms with Crippen LogP contribution in [-0.2, 0) is 14.4 Å². The van der Waals surface area contributed by atoms with E-state index in [0.717, 1.165) is 13.0 Å². The summed E-state index contributed by atoms with van der Waals surface area (Å²) in [5.41, 5.74) is 2.39. The summed E-state index contributed by atoms with van der Waals surface area (Å²) >= 11 is 0. The molecule has 1 aromatic rings. The fourth-order valence-corrected chi connectivity index (χ4v) is 5.73. The normalized spacial score (nSPS) is 33.0. The summed E-state index contributed by atoms with van der Waals surface area (Å²) in [4.78, 5) is 44.0. The molecule has 2 saturated heterocycles. The van der Waals surface area contributed by atoms with E-state index in [0.29, 0.717) is 13.1 Å². The molecular formula is C23H27N3O3. The number of hydrogen-bond donors (Lipinski definition) is 0. The molecule has 6 nitrogen and oxygen atoms in total. The molecule has 29 heavy (non-hydrogen) atoms. The number of imide groups is 1. The van der Waals surface area contributed by atoms with Gasteiger partial charge in [-0.05, 0) is 49.8 Å². The van der Waals surface area contributed by atoms with Crippen molar-refractivity contribution in [1.29, 1.82) is 0 Å². The summed E-state index contributed by atoms with van der Waals surface area (Å²) < 4.78 is 0. The Bertz CT molecular complexity index is 880. The molecule has 0 radical (unpaired) electrons. The van der Waals surface area contributed by atoms with Crippen LogP contribution in [0.15, 0.2) is 36.4 Å². The standard InChI is InChI=1S/C23H27N3O3/c1-14-4-3-5-18(10-14)25-9-8-24(12-15(25)2)19(27)13-26-22(28)20-16-6-7-17(11-16)21(20)23(26)29/h3-7,10,15-17,20-21H,8-9,11-13H2,1-2H3/t15-,16-,17-,20-,21+/m0/s1. The van der Waals surface area contributed by atoms with Crippen LogP contribution in [0.3, 0.4) is 0 Å². The molecule has 152 valence electrons. The lowest BCUT2D eigenvalue weighted by molar-refractivity contribution is -0.147.